The highest BCUT2D eigenvalue weighted by Gasteiger charge is 2.21. The Hall–Kier alpha value is -2.64. The molecular formula is C24H31N3O3S. The third-order valence-corrected chi connectivity index (χ3v) is 6.29. The van der Waals surface area contributed by atoms with Gasteiger partial charge in [-0.05, 0) is 49.8 Å². The normalized spacial score (nSPS) is 11.1. The molecule has 0 atom stereocenters. The fraction of sp³-hybridized carbons (Fsp3) is 0.417. The molecular weight excluding hydrogens is 410 g/mol. The van der Waals surface area contributed by atoms with Gasteiger partial charge in [-0.3, -0.25) is 9.69 Å². The Labute approximate surface area is 188 Å². The second-order valence-electron chi connectivity index (χ2n) is 7.13. The number of carbonyl (C=O) groups is 1. The van der Waals surface area contributed by atoms with Crippen LogP contribution in [0.1, 0.15) is 26.3 Å². The van der Waals surface area contributed by atoms with Gasteiger partial charge in [0.25, 0.3) is 0 Å². The van der Waals surface area contributed by atoms with E-state index in [-0.39, 0.29) is 5.91 Å². The number of thiazole rings is 1. The molecule has 3 rings (SSSR count). The summed E-state index contributed by atoms with van der Waals surface area (Å²) in [6.07, 6.45) is 0.317. The zero-order valence-corrected chi connectivity index (χ0v) is 19.6. The van der Waals surface area contributed by atoms with Crippen LogP contribution in [0.2, 0.25) is 0 Å². The maximum atomic E-state index is 13.4. The van der Waals surface area contributed by atoms with Crippen LogP contribution >= 0.6 is 11.3 Å². The van der Waals surface area contributed by atoms with E-state index in [4.69, 9.17) is 14.5 Å². The third-order valence-electron chi connectivity index (χ3n) is 5.25. The number of benzene rings is 2. The molecule has 0 aliphatic rings. The first-order valence-electron chi connectivity index (χ1n) is 10.8. The number of nitrogens with zero attached hydrogens (tertiary/aromatic N) is 3. The molecule has 6 nitrogen and oxygen atoms in total. The van der Waals surface area contributed by atoms with Crippen molar-refractivity contribution in [2.75, 3.05) is 44.8 Å². The summed E-state index contributed by atoms with van der Waals surface area (Å²) in [4.78, 5) is 22.3. The first-order chi connectivity index (χ1) is 15.1. The van der Waals surface area contributed by atoms with Crippen molar-refractivity contribution in [2.24, 2.45) is 0 Å². The summed E-state index contributed by atoms with van der Waals surface area (Å²) in [7, 11) is 1.64. The molecule has 0 aliphatic carbocycles. The van der Waals surface area contributed by atoms with E-state index in [1.807, 2.05) is 54.3 Å². The predicted molar refractivity (Wildman–Crippen MR) is 128 cm³/mol. The van der Waals surface area contributed by atoms with Crippen molar-refractivity contribution < 1.29 is 14.3 Å². The second-order valence-corrected chi connectivity index (χ2v) is 8.14. The molecule has 7 heteroatoms. The summed E-state index contributed by atoms with van der Waals surface area (Å²) in [5.74, 6) is 1.58. The molecule has 3 aromatic rings. The predicted octanol–water partition coefficient (Wildman–Crippen LogP) is 4.62. The second kappa shape index (κ2) is 11.1. The summed E-state index contributed by atoms with van der Waals surface area (Å²) in [6, 6.07) is 13.6. The molecule has 0 spiro atoms. The van der Waals surface area contributed by atoms with Crippen LogP contribution in [-0.2, 0) is 11.2 Å². The highest BCUT2D eigenvalue weighted by atomic mass is 32.1. The number of likely N-dealkylation sites (N-methyl/N-ethyl adjacent to an activating group) is 1. The molecule has 0 saturated carbocycles. The molecule has 0 fully saturated rings. The quantitative estimate of drug-likeness (QED) is 0.435. The van der Waals surface area contributed by atoms with Crippen LogP contribution in [0.5, 0.6) is 11.5 Å². The summed E-state index contributed by atoms with van der Waals surface area (Å²) in [5, 5.41) is 0.711. The van der Waals surface area contributed by atoms with Gasteiger partial charge in [-0.15, -0.1) is 0 Å². The minimum atomic E-state index is 0.0364. The molecule has 2 aromatic carbocycles. The van der Waals surface area contributed by atoms with Gasteiger partial charge in [0.2, 0.25) is 5.91 Å². The molecule has 0 saturated heterocycles. The molecule has 1 aromatic heterocycles. The maximum Gasteiger partial charge on any atom is 0.233 e. The summed E-state index contributed by atoms with van der Waals surface area (Å²) >= 11 is 1.53. The molecule has 0 unspecified atom stereocenters. The number of para-hydroxylation sites is 1. The van der Waals surface area contributed by atoms with E-state index in [0.717, 1.165) is 46.9 Å². The van der Waals surface area contributed by atoms with Crippen LogP contribution in [0.15, 0.2) is 42.5 Å². The largest absolute Gasteiger partial charge is 0.494 e. The lowest BCUT2D eigenvalue weighted by Crippen LogP contribution is -2.39. The molecule has 1 amide bonds. The third kappa shape index (κ3) is 5.74. The van der Waals surface area contributed by atoms with Gasteiger partial charge in [0.05, 0.1) is 24.8 Å². The minimum absolute atomic E-state index is 0.0364. The van der Waals surface area contributed by atoms with Crippen molar-refractivity contribution in [2.45, 2.75) is 27.2 Å². The molecule has 1 heterocycles. The number of hydrogen-bond acceptors (Lipinski definition) is 6. The Kier molecular flexibility index (Phi) is 8.26. The number of fused-ring (bicyclic) bond motifs is 1. The van der Waals surface area contributed by atoms with Crippen molar-refractivity contribution in [1.29, 1.82) is 0 Å². The van der Waals surface area contributed by atoms with Crippen LogP contribution in [0.25, 0.3) is 10.2 Å². The van der Waals surface area contributed by atoms with Gasteiger partial charge < -0.3 is 14.4 Å². The van der Waals surface area contributed by atoms with Gasteiger partial charge in [0.15, 0.2) is 5.13 Å². The monoisotopic (exact) mass is 441 g/mol. The average molecular weight is 442 g/mol. The molecule has 0 bridgehead atoms. The van der Waals surface area contributed by atoms with Crippen LogP contribution in [0.4, 0.5) is 5.13 Å². The smallest absolute Gasteiger partial charge is 0.233 e. The lowest BCUT2D eigenvalue weighted by atomic mass is 10.1. The Morgan fingerprint density at radius 3 is 2.42 bits per heavy atom. The van der Waals surface area contributed by atoms with E-state index in [2.05, 4.69) is 18.7 Å². The Morgan fingerprint density at radius 1 is 1.03 bits per heavy atom. The van der Waals surface area contributed by atoms with Crippen LogP contribution in [0, 0.1) is 0 Å². The van der Waals surface area contributed by atoms with Gasteiger partial charge in [-0.2, -0.15) is 0 Å². The molecule has 31 heavy (non-hydrogen) atoms. The van der Waals surface area contributed by atoms with Crippen molar-refractivity contribution in [3.8, 4) is 11.5 Å². The Morgan fingerprint density at radius 2 is 1.77 bits per heavy atom. The van der Waals surface area contributed by atoms with Crippen molar-refractivity contribution in [3.05, 3.63) is 48.0 Å². The van der Waals surface area contributed by atoms with E-state index in [1.165, 1.54) is 11.3 Å². The highest BCUT2D eigenvalue weighted by molar-refractivity contribution is 7.22. The van der Waals surface area contributed by atoms with E-state index in [9.17, 15) is 4.79 Å². The summed E-state index contributed by atoms with van der Waals surface area (Å²) in [5.41, 5.74) is 1.76. The van der Waals surface area contributed by atoms with E-state index in [0.29, 0.717) is 24.7 Å². The standard InChI is InChI=1S/C24H31N3O3S/c1-5-26(6-2)15-16-27(22(28)17-18-11-13-19(14-12-18)30-7-3)24-25-23-20(29-4)9-8-10-21(23)31-24/h8-14H,5-7,15-17H2,1-4H3. The number of hydrogen-bond donors (Lipinski definition) is 0. The molecule has 0 N–H and O–H groups in total. The average Bonchev–Trinajstić information content (AvgIpc) is 3.22. The van der Waals surface area contributed by atoms with Crippen LogP contribution in [0.3, 0.4) is 0 Å². The van der Waals surface area contributed by atoms with Crippen molar-refractivity contribution >= 4 is 32.6 Å². The number of ether oxygens (including phenoxy) is 2. The first-order valence-corrected chi connectivity index (χ1v) is 11.6. The lowest BCUT2D eigenvalue weighted by molar-refractivity contribution is -0.118. The summed E-state index contributed by atoms with van der Waals surface area (Å²) < 4.78 is 12.0. The molecule has 0 radical (unpaired) electrons. The van der Waals surface area contributed by atoms with Gasteiger partial charge in [0, 0.05) is 13.1 Å². The number of rotatable bonds is 11. The fourth-order valence-electron chi connectivity index (χ4n) is 3.44. The lowest BCUT2D eigenvalue weighted by Gasteiger charge is -2.24. The number of aromatic nitrogens is 1. The van der Waals surface area contributed by atoms with E-state index >= 15 is 0 Å². The number of amides is 1. The van der Waals surface area contributed by atoms with Gasteiger partial charge in [-0.1, -0.05) is 43.4 Å². The van der Waals surface area contributed by atoms with Gasteiger partial charge in [0.1, 0.15) is 17.0 Å². The van der Waals surface area contributed by atoms with Crippen LogP contribution in [-0.4, -0.2) is 55.7 Å². The van der Waals surface area contributed by atoms with Crippen molar-refractivity contribution in [3.63, 3.8) is 0 Å². The minimum Gasteiger partial charge on any atom is -0.494 e. The SMILES string of the molecule is CCOc1ccc(CC(=O)N(CCN(CC)CC)c2nc3c(OC)cccc3s2)cc1. The molecule has 166 valence electrons. The van der Waals surface area contributed by atoms with Crippen LogP contribution < -0.4 is 14.4 Å². The summed E-state index contributed by atoms with van der Waals surface area (Å²) in [6.45, 7) is 10.2. The van der Waals surface area contributed by atoms with E-state index < -0.39 is 0 Å². The first kappa shape index (κ1) is 23.0. The van der Waals surface area contributed by atoms with Gasteiger partial charge >= 0.3 is 0 Å². The Balaban J connectivity index is 1.85. The zero-order valence-electron chi connectivity index (χ0n) is 18.8. The van der Waals surface area contributed by atoms with Gasteiger partial charge in [-0.25, -0.2) is 4.98 Å². The topological polar surface area (TPSA) is 54.9 Å². The van der Waals surface area contributed by atoms with E-state index in [1.54, 1.807) is 7.11 Å². The fourth-order valence-corrected chi connectivity index (χ4v) is 4.47. The van der Waals surface area contributed by atoms with Crippen molar-refractivity contribution in [1.82, 2.24) is 9.88 Å². The molecule has 0 aliphatic heterocycles. The highest BCUT2D eigenvalue weighted by Crippen LogP contribution is 2.34. The number of anilines is 1. The number of carbonyl (C=O) groups excluding carboxylic acids is 1. The Bertz CT molecular complexity index is 983. The maximum absolute atomic E-state index is 13.4. The number of methoxy groups -OCH3 is 1. The zero-order chi connectivity index (χ0) is 22.2.